The molecule has 7 heteroatoms. The minimum atomic E-state index is -0.139. The van der Waals surface area contributed by atoms with Crippen LogP contribution < -0.4 is 19.1 Å². The Hall–Kier alpha value is -3.22. The number of ether oxygens (including phenoxy) is 3. The normalized spacial score (nSPS) is 14.6. The molecule has 0 radical (unpaired) electrons. The smallest absolute Gasteiger partial charge is 0.265 e. The molecule has 2 aromatic rings. The molecule has 0 bridgehead atoms. The number of nitrogens with zero attached hydrogens (tertiary/aromatic N) is 2. The van der Waals surface area contributed by atoms with E-state index in [9.17, 15) is 9.59 Å². The summed E-state index contributed by atoms with van der Waals surface area (Å²) in [6.07, 6.45) is 0.237. The van der Waals surface area contributed by atoms with E-state index < -0.39 is 0 Å². The first-order valence-corrected chi connectivity index (χ1v) is 8.76. The summed E-state index contributed by atoms with van der Waals surface area (Å²) in [5.74, 6) is 1.91. The zero-order valence-electron chi connectivity index (χ0n) is 15.0. The monoisotopic (exact) mass is 368 g/mol. The lowest BCUT2D eigenvalue weighted by molar-refractivity contribution is -0.130. The topological polar surface area (TPSA) is 68.3 Å². The van der Waals surface area contributed by atoms with Gasteiger partial charge in [0.1, 0.15) is 5.75 Å². The minimum absolute atomic E-state index is 0.00175. The van der Waals surface area contributed by atoms with E-state index in [1.165, 1.54) is 0 Å². The fourth-order valence-electron chi connectivity index (χ4n) is 3.20. The van der Waals surface area contributed by atoms with Gasteiger partial charge in [0.15, 0.2) is 18.1 Å². The van der Waals surface area contributed by atoms with Crippen molar-refractivity contribution >= 4 is 17.5 Å². The molecule has 27 heavy (non-hydrogen) atoms. The van der Waals surface area contributed by atoms with E-state index in [1.54, 1.807) is 16.8 Å². The Morgan fingerprint density at radius 1 is 1.07 bits per heavy atom. The van der Waals surface area contributed by atoms with Gasteiger partial charge in [-0.25, -0.2) is 0 Å². The Morgan fingerprint density at radius 2 is 1.89 bits per heavy atom. The summed E-state index contributed by atoms with van der Waals surface area (Å²) in [7, 11) is 1.75. The maximum atomic E-state index is 12.5. The second-order valence-corrected chi connectivity index (χ2v) is 6.49. The summed E-state index contributed by atoms with van der Waals surface area (Å²) in [6.45, 7) is 1.01. The largest absolute Gasteiger partial charge is 0.482 e. The Morgan fingerprint density at radius 3 is 2.78 bits per heavy atom. The molecule has 0 fully saturated rings. The van der Waals surface area contributed by atoms with Crippen molar-refractivity contribution < 1.29 is 23.8 Å². The average molecular weight is 368 g/mol. The molecule has 0 aliphatic carbocycles. The standard InChI is InChI=1S/C20H20N2O5/c1-21(11-14-6-7-17-18(10-14)27-13-26-17)19(23)8-9-22-15-4-2-3-5-16(15)25-12-20(22)24/h2-7,10H,8-9,11-13H2,1H3. The highest BCUT2D eigenvalue weighted by Gasteiger charge is 2.26. The van der Waals surface area contributed by atoms with E-state index in [0.717, 1.165) is 11.3 Å². The Kier molecular flexibility index (Phi) is 4.58. The molecule has 2 amide bonds. The van der Waals surface area contributed by atoms with Crippen LogP contribution in [0.1, 0.15) is 12.0 Å². The fourth-order valence-corrected chi connectivity index (χ4v) is 3.20. The Bertz CT molecular complexity index is 882. The summed E-state index contributed by atoms with van der Waals surface area (Å²) < 4.78 is 16.1. The van der Waals surface area contributed by atoms with Crippen LogP contribution in [0.5, 0.6) is 17.2 Å². The SMILES string of the molecule is CN(Cc1ccc2c(c1)OCO2)C(=O)CCN1C(=O)COc2ccccc21. The van der Waals surface area contributed by atoms with Crippen molar-refractivity contribution in [3.05, 3.63) is 48.0 Å². The molecule has 0 aromatic heterocycles. The lowest BCUT2D eigenvalue weighted by Gasteiger charge is -2.29. The molecule has 140 valence electrons. The van der Waals surface area contributed by atoms with Gasteiger partial charge in [-0.05, 0) is 29.8 Å². The minimum Gasteiger partial charge on any atom is -0.482 e. The van der Waals surface area contributed by atoms with Crippen molar-refractivity contribution in [1.82, 2.24) is 4.90 Å². The first kappa shape index (κ1) is 17.2. The molecular formula is C20H20N2O5. The van der Waals surface area contributed by atoms with E-state index >= 15 is 0 Å². The number of rotatable bonds is 5. The molecule has 0 saturated heterocycles. The van der Waals surface area contributed by atoms with Gasteiger partial charge in [-0.15, -0.1) is 0 Å². The van der Waals surface area contributed by atoms with Gasteiger partial charge >= 0.3 is 0 Å². The van der Waals surface area contributed by atoms with Crippen LogP contribution in [0.15, 0.2) is 42.5 Å². The van der Waals surface area contributed by atoms with Gasteiger partial charge in [-0.1, -0.05) is 18.2 Å². The molecule has 0 spiro atoms. The maximum absolute atomic E-state index is 12.5. The zero-order valence-corrected chi connectivity index (χ0v) is 15.0. The molecule has 7 nitrogen and oxygen atoms in total. The van der Waals surface area contributed by atoms with E-state index in [0.29, 0.717) is 30.3 Å². The molecular weight excluding hydrogens is 348 g/mol. The second kappa shape index (κ2) is 7.19. The van der Waals surface area contributed by atoms with Crippen molar-refractivity contribution in [2.24, 2.45) is 0 Å². The van der Waals surface area contributed by atoms with Crippen molar-refractivity contribution in [1.29, 1.82) is 0 Å². The van der Waals surface area contributed by atoms with Crippen molar-refractivity contribution in [2.75, 3.05) is 31.9 Å². The summed E-state index contributed by atoms with van der Waals surface area (Å²) in [5.41, 5.74) is 1.67. The van der Waals surface area contributed by atoms with Gasteiger partial charge in [0.05, 0.1) is 5.69 Å². The van der Waals surface area contributed by atoms with E-state index in [2.05, 4.69) is 0 Å². The van der Waals surface area contributed by atoms with Gasteiger partial charge in [-0.2, -0.15) is 0 Å². The lowest BCUT2D eigenvalue weighted by Crippen LogP contribution is -2.41. The molecule has 0 unspecified atom stereocenters. The molecule has 4 rings (SSSR count). The van der Waals surface area contributed by atoms with Crippen LogP contribution in [0.3, 0.4) is 0 Å². The molecule has 2 aromatic carbocycles. The van der Waals surface area contributed by atoms with E-state index in [-0.39, 0.29) is 31.6 Å². The number of para-hydroxylation sites is 2. The van der Waals surface area contributed by atoms with Gasteiger partial charge in [0, 0.05) is 26.6 Å². The van der Waals surface area contributed by atoms with Crippen LogP contribution in [-0.2, 0) is 16.1 Å². The Labute approximate surface area is 157 Å². The van der Waals surface area contributed by atoms with Crippen LogP contribution in [0.25, 0.3) is 0 Å². The van der Waals surface area contributed by atoms with E-state index in [1.807, 2.05) is 42.5 Å². The predicted octanol–water partition coefficient (Wildman–Crippen LogP) is 2.19. The number of carbonyl (C=O) groups excluding carboxylic acids is 2. The van der Waals surface area contributed by atoms with Crippen LogP contribution >= 0.6 is 0 Å². The number of hydrogen-bond acceptors (Lipinski definition) is 5. The lowest BCUT2D eigenvalue weighted by atomic mass is 10.2. The van der Waals surface area contributed by atoms with Gasteiger partial charge < -0.3 is 24.0 Å². The molecule has 2 aliphatic heterocycles. The predicted molar refractivity (Wildman–Crippen MR) is 97.9 cm³/mol. The highest BCUT2D eigenvalue weighted by Crippen LogP contribution is 2.33. The summed E-state index contributed by atoms with van der Waals surface area (Å²) in [5, 5.41) is 0. The summed E-state index contributed by atoms with van der Waals surface area (Å²) in [4.78, 5) is 28.0. The van der Waals surface area contributed by atoms with Crippen LogP contribution in [0.4, 0.5) is 5.69 Å². The number of amides is 2. The average Bonchev–Trinajstić information content (AvgIpc) is 3.14. The first-order chi connectivity index (χ1) is 13.1. The van der Waals surface area contributed by atoms with Crippen molar-refractivity contribution in [3.8, 4) is 17.2 Å². The van der Waals surface area contributed by atoms with Crippen LogP contribution in [0, 0.1) is 0 Å². The summed E-state index contributed by atoms with van der Waals surface area (Å²) >= 11 is 0. The maximum Gasteiger partial charge on any atom is 0.265 e. The third-order valence-electron chi connectivity index (χ3n) is 4.64. The molecule has 0 saturated carbocycles. The van der Waals surface area contributed by atoms with Crippen LogP contribution in [0.2, 0.25) is 0 Å². The molecule has 0 atom stereocenters. The highest BCUT2D eigenvalue weighted by atomic mass is 16.7. The number of hydrogen-bond donors (Lipinski definition) is 0. The fraction of sp³-hybridized carbons (Fsp3) is 0.300. The third kappa shape index (κ3) is 3.53. The van der Waals surface area contributed by atoms with Gasteiger partial charge in [-0.3, -0.25) is 9.59 Å². The van der Waals surface area contributed by atoms with E-state index in [4.69, 9.17) is 14.2 Å². The first-order valence-electron chi connectivity index (χ1n) is 8.76. The van der Waals surface area contributed by atoms with Gasteiger partial charge in [0.2, 0.25) is 12.7 Å². The molecule has 0 N–H and O–H groups in total. The zero-order chi connectivity index (χ0) is 18.8. The third-order valence-corrected chi connectivity index (χ3v) is 4.64. The number of anilines is 1. The van der Waals surface area contributed by atoms with Crippen LogP contribution in [-0.4, -0.2) is 43.7 Å². The van der Waals surface area contributed by atoms with Gasteiger partial charge in [0.25, 0.3) is 5.91 Å². The molecule has 2 aliphatic rings. The number of carbonyl (C=O) groups is 2. The molecule has 2 heterocycles. The second-order valence-electron chi connectivity index (χ2n) is 6.49. The highest BCUT2D eigenvalue weighted by molar-refractivity contribution is 5.98. The quantitative estimate of drug-likeness (QED) is 0.809. The van der Waals surface area contributed by atoms with Crippen molar-refractivity contribution in [3.63, 3.8) is 0 Å². The number of benzene rings is 2. The Balaban J connectivity index is 1.37. The summed E-state index contributed by atoms with van der Waals surface area (Å²) in [6, 6.07) is 13.0. The number of fused-ring (bicyclic) bond motifs is 2. The van der Waals surface area contributed by atoms with Crippen molar-refractivity contribution in [2.45, 2.75) is 13.0 Å².